The average Bonchev–Trinajstić information content (AvgIpc) is 2.24. The number of carbonyl (C=O) groups excluding carboxylic acids is 1. The Labute approximate surface area is 98.9 Å². The van der Waals surface area contributed by atoms with E-state index in [2.05, 4.69) is 19.2 Å². The molecule has 0 amide bonds. The molecule has 1 rings (SSSR count). The Hall–Kier alpha value is -0.570. The van der Waals surface area contributed by atoms with Gasteiger partial charge in [-0.25, -0.2) is 0 Å². The van der Waals surface area contributed by atoms with E-state index in [4.69, 9.17) is 4.74 Å². The summed E-state index contributed by atoms with van der Waals surface area (Å²) in [6.07, 6.45) is 3.22. The summed E-state index contributed by atoms with van der Waals surface area (Å²) in [6, 6.07) is 0. The van der Waals surface area contributed by atoms with Gasteiger partial charge < -0.3 is 10.1 Å². The maximum Gasteiger partial charge on any atom is 0.326 e. The van der Waals surface area contributed by atoms with Gasteiger partial charge >= 0.3 is 5.97 Å². The Morgan fingerprint density at radius 1 is 1.38 bits per heavy atom. The van der Waals surface area contributed by atoms with Gasteiger partial charge in [-0.2, -0.15) is 0 Å². The van der Waals surface area contributed by atoms with Crippen molar-refractivity contribution in [2.45, 2.75) is 52.5 Å². The Morgan fingerprint density at radius 3 is 2.62 bits per heavy atom. The maximum absolute atomic E-state index is 12.2. The van der Waals surface area contributed by atoms with Crippen LogP contribution in [-0.2, 0) is 9.53 Å². The fourth-order valence-corrected chi connectivity index (χ4v) is 2.81. The number of hydrogen-bond acceptors (Lipinski definition) is 3. The molecule has 1 aliphatic rings. The number of rotatable bonds is 4. The molecule has 94 valence electrons. The van der Waals surface area contributed by atoms with Crippen molar-refractivity contribution >= 4 is 5.97 Å². The van der Waals surface area contributed by atoms with Gasteiger partial charge in [-0.1, -0.05) is 27.2 Å². The number of likely N-dealkylation sites (N-methyl/N-ethyl adjacent to an activating group) is 1. The van der Waals surface area contributed by atoms with Crippen molar-refractivity contribution in [1.29, 1.82) is 0 Å². The predicted octanol–water partition coefficient (Wildman–Crippen LogP) is 2.35. The van der Waals surface area contributed by atoms with E-state index in [1.807, 2.05) is 13.8 Å². The summed E-state index contributed by atoms with van der Waals surface area (Å²) in [6.45, 7) is 9.58. The van der Waals surface area contributed by atoms with Crippen LogP contribution in [-0.4, -0.2) is 24.7 Å². The van der Waals surface area contributed by atoms with E-state index in [9.17, 15) is 4.79 Å². The third-order valence-corrected chi connectivity index (χ3v) is 3.74. The number of carbonyl (C=O) groups is 1. The summed E-state index contributed by atoms with van der Waals surface area (Å²) < 4.78 is 5.25. The molecule has 0 spiro atoms. The van der Waals surface area contributed by atoms with Crippen molar-refractivity contribution in [2.75, 3.05) is 13.2 Å². The third kappa shape index (κ3) is 2.57. The molecule has 0 saturated heterocycles. The van der Waals surface area contributed by atoms with Crippen LogP contribution < -0.4 is 5.32 Å². The zero-order chi connectivity index (χ0) is 12.2. The molecule has 3 atom stereocenters. The van der Waals surface area contributed by atoms with Gasteiger partial charge in [0.15, 0.2) is 0 Å². The van der Waals surface area contributed by atoms with Crippen molar-refractivity contribution in [2.24, 2.45) is 11.8 Å². The molecule has 0 bridgehead atoms. The van der Waals surface area contributed by atoms with Crippen LogP contribution in [0.15, 0.2) is 0 Å². The van der Waals surface area contributed by atoms with Crippen molar-refractivity contribution < 1.29 is 9.53 Å². The highest BCUT2D eigenvalue weighted by Crippen LogP contribution is 2.37. The number of ether oxygens (including phenoxy) is 1. The van der Waals surface area contributed by atoms with Gasteiger partial charge in [-0.05, 0) is 38.1 Å². The summed E-state index contributed by atoms with van der Waals surface area (Å²) in [5.41, 5.74) is -0.442. The maximum atomic E-state index is 12.2. The van der Waals surface area contributed by atoms with Gasteiger partial charge in [-0.15, -0.1) is 0 Å². The van der Waals surface area contributed by atoms with E-state index in [0.29, 0.717) is 18.4 Å². The molecular formula is C13H25NO2. The van der Waals surface area contributed by atoms with Gasteiger partial charge in [0.2, 0.25) is 0 Å². The van der Waals surface area contributed by atoms with Crippen molar-refractivity contribution in [3.05, 3.63) is 0 Å². The van der Waals surface area contributed by atoms with Crippen LogP contribution >= 0.6 is 0 Å². The minimum Gasteiger partial charge on any atom is -0.465 e. The van der Waals surface area contributed by atoms with E-state index in [0.717, 1.165) is 19.4 Å². The summed E-state index contributed by atoms with van der Waals surface area (Å²) in [5, 5.41) is 3.39. The molecule has 0 aromatic heterocycles. The Kier molecular flexibility index (Phi) is 4.78. The highest BCUT2D eigenvalue weighted by atomic mass is 16.5. The molecule has 0 aromatic carbocycles. The van der Waals surface area contributed by atoms with Gasteiger partial charge in [0.1, 0.15) is 5.54 Å². The molecule has 3 unspecified atom stereocenters. The molecule has 0 aliphatic heterocycles. The standard InChI is InChI=1S/C13H25NO2/c1-5-14-13(12(15)16-6-2)9-10(3)7-8-11(13)4/h10-11,14H,5-9H2,1-4H3. The van der Waals surface area contributed by atoms with Crippen LogP contribution in [0.2, 0.25) is 0 Å². The Morgan fingerprint density at radius 2 is 2.06 bits per heavy atom. The molecule has 3 heteroatoms. The molecule has 1 aliphatic carbocycles. The molecular weight excluding hydrogens is 202 g/mol. The molecule has 1 N–H and O–H groups in total. The van der Waals surface area contributed by atoms with E-state index in [1.54, 1.807) is 0 Å². The topological polar surface area (TPSA) is 38.3 Å². The molecule has 0 heterocycles. The number of nitrogens with one attached hydrogen (secondary N) is 1. The summed E-state index contributed by atoms with van der Waals surface area (Å²) >= 11 is 0. The van der Waals surface area contributed by atoms with Crippen molar-refractivity contribution in [1.82, 2.24) is 5.32 Å². The lowest BCUT2D eigenvalue weighted by Crippen LogP contribution is -2.60. The van der Waals surface area contributed by atoms with Crippen molar-refractivity contribution in [3.63, 3.8) is 0 Å². The second-order valence-corrected chi connectivity index (χ2v) is 5.01. The summed E-state index contributed by atoms with van der Waals surface area (Å²) in [5.74, 6) is 0.901. The van der Waals surface area contributed by atoms with E-state index < -0.39 is 5.54 Å². The number of esters is 1. The lowest BCUT2D eigenvalue weighted by atomic mass is 9.69. The largest absolute Gasteiger partial charge is 0.465 e. The zero-order valence-electron chi connectivity index (χ0n) is 11.0. The molecule has 1 saturated carbocycles. The Balaban J connectivity index is 2.87. The van der Waals surface area contributed by atoms with Crippen molar-refractivity contribution in [3.8, 4) is 0 Å². The first-order valence-corrected chi connectivity index (χ1v) is 6.49. The lowest BCUT2D eigenvalue weighted by Gasteiger charge is -2.43. The predicted molar refractivity (Wildman–Crippen MR) is 65.2 cm³/mol. The van der Waals surface area contributed by atoms with Crippen LogP contribution in [0.1, 0.15) is 47.0 Å². The van der Waals surface area contributed by atoms with E-state index in [1.165, 1.54) is 6.42 Å². The fourth-order valence-electron chi connectivity index (χ4n) is 2.81. The third-order valence-electron chi connectivity index (χ3n) is 3.74. The first-order chi connectivity index (χ1) is 7.56. The fraction of sp³-hybridized carbons (Fsp3) is 0.923. The molecule has 16 heavy (non-hydrogen) atoms. The lowest BCUT2D eigenvalue weighted by molar-refractivity contribution is -0.156. The monoisotopic (exact) mass is 227 g/mol. The average molecular weight is 227 g/mol. The van der Waals surface area contributed by atoms with Crippen LogP contribution in [0.3, 0.4) is 0 Å². The zero-order valence-corrected chi connectivity index (χ0v) is 11.0. The van der Waals surface area contributed by atoms with E-state index >= 15 is 0 Å². The second-order valence-electron chi connectivity index (χ2n) is 5.01. The minimum absolute atomic E-state index is 0.0594. The summed E-state index contributed by atoms with van der Waals surface area (Å²) in [4.78, 5) is 12.2. The second kappa shape index (κ2) is 5.67. The van der Waals surface area contributed by atoms with Gasteiger partial charge in [0.05, 0.1) is 6.61 Å². The van der Waals surface area contributed by atoms with Crippen LogP contribution in [0.25, 0.3) is 0 Å². The minimum atomic E-state index is -0.442. The highest BCUT2D eigenvalue weighted by molar-refractivity contribution is 5.81. The quantitative estimate of drug-likeness (QED) is 0.749. The molecule has 0 radical (unpaired) electrons. The van der Waals surface area contributed by atoms with Crippen LogP contribution in [0, 0.1) is 11.8 Å². The van der Waals surface area contributed by atoms with Gasteiger partial charge in [0, 0.05) is 0 Å². The summed E-state index contributed by atoms with van der Waals surface area (Å²) in [7, 11) is 0. The highest BCUT2D eigenvalue weighted by Gasteiger charge is 2.47. The normalized spacial score (nSPS) is 34.8. The first kappa shape index (κ1) is 13.5. The molecule has 3 nitrogen and oxygen atoms in total. The number of hydrogen-bond donors (Lipinski definition) is 1. The van der Waals surface area contributed by atoms with Crippen LogP contribution in [0.4, 0.5) is 0 Å². The Bertz CT molecular complexity index is 242. The van der Waals surface area contributed by atoms with Gasteiger partial charge in [0.25, 0.3) is 0 Å². The smallest absolute Gasteiger partial charge is 0.326 e. The van der Waals surface area contributed by atoms with E-state index in [-0.39, 0.29) is 5.97 Å². The van der Waals surface area contributed by atoms with Crippen LogP contribution in [0.5, 0.6) is 0 Å². The molecule has 0 aromatic rings. The SMILES string of the molecule is CCNC1(C(=O)OCC)CC(C)CCC1C. The first-order valence-electron chi connectivity index (χ1n) is 6.49. The van der Waals surface area contributed by atoms with Gasteiger partial charge in [-0.3, -0.25) is 4.79 Å². The molecule has 1 fully saturated rings.